The van der Waals surface area contributed by atoms with Crippen LogP contribution in [0.3, 0.4) is 0 Å². The molecule has 55 heavy (non-hydrogen) atoms. The van der Waals surface area contributed by atoms with Crippen molar-refractivity contribution in [1.82, 2.24) is 15.0 Å². The van der Waals surface area contributed by atoms with Crippen molar-refractivity contribution in [1.29, 1.82) is 0 Å². The Labute approximate surface area is 318 Å². The molecule has 9 aromatic rings. The second-order valence-electron chi connectivity index (χ2n) is 15.0. The fourth-order valence-electron chi connectivity index (χ4n) is 9.20. The van der Waals surface area contributed by atoms with Crippen molar-refractivity contribution >= 4 is 38.4 Å². The third-order valence-corrected chi connectivity index (χ3v) is 11.9. The molecule has 1 fully saturated rings. The standard InChI is InChI=1S/C50H34N4O/c1-51-38-21-24-43-42(30-38)39-22-19-35(28-44(39)50(43)25-7-2-8-26-50)32-13-16-33(17-14-32)47-52-48(36-18-15-31-9-3-4-10-34(31)27-36)54-49(53-47)37-20-23-41-40-11-5-6-12-45(40)55-46(41)29-37/h3-6,9-24,27-30H,2,7-8,25-26H2. The van der Waals surface area contributed by atoms with Gasteiger partial charge < -0.3 is 4.42 Å². The Morgan fingerprint density at radius 2 is 1.13 bits per heavy atom. The molecule has 0 bridgehead atoms. The van der Waals surface area contributed by atoms with Crippen molar-refractivity contribution in [2.45, 2.75) is 37.5 Å². The van der Waals surface area contributed by atoms with Gasteiger partial charge >= 0.3 is 0 Å². The van der Waals surface area contributed by atoms with Crippen LogP contribution in [0.4, 0.5) is 5.69 Å². The number of fused-ring (bicyclic) bond motifs is 9. The third-order valence-electron chi connectivity index (χ3n) is 11.9. The van der Waals surface area contributed by atoms with Crippen LogP contribution in [0, 0.1) is 6.57 Å². The molecule has 0 atom stereocenters. The zero-order valence-electron chi connectivity index (χ0n) is 30.1. The van der Waals surface area contributed by atoms with E-state index in [1.54, 1.807) is 0 Å². The Bertz CT molecular complexity index is 3040. The Morgan fingerprint density at radius 3 is 1.95 bits per heavy atom. The van der Waals surface area contributed by atoms with Gasteiger partial charge in [-0.2, -0.15) is 0 Å². The lowest BCUT2D eigenvalue weighted by molar-refractivity contribution is 0.353. The number of nitrogens with zero attached hydrogens (tertiary/aromatic N) is 4. The lowest BCUT2D eigenvalue weighted by Crippen LogP contribution is -2.28. The SMILES string of the molecule is [C-]#[N+]c1ccc2c(c1)-c1ccc(-c3ccc(-c4nc(-c5ccc6ccccc6c5)nc(-c5ccc6c(c5)oc5ccccc56)n4)cc3)cc1C21CCCCC1. The van der Waals surface area contributed by atoms with Crippen LogP contribution in [0.25, 0.3) is 94.0 Å². The molecule has 0 radical (unpaired) electrons. The molecule has 5 heteroatoms. The van der Waals surface area contributed by atoms with Crippen molar-refractivity contribution in [2.24, 2.45) is 0 Å². The maximum atomic E-state index is 7.65. The predicted octanol–water partition coefficient (Wildman–Crippen LogP) is 13.4. The first-order valence-corrected chi connectivity index (χ1v) is 19.1. The van der Waals surface area contributed by atoms with E-state index in [-0.39, 0.29) is 5.41 Å². The molecule has 2 heterocycles. The van der Waals surface area contributed by atoms with Crippen molar-refractivity contribution in [3.63, 3.8) is 0 Å². The molecule has 2 aromatic heterocycles. The summed E-state index contributed by atoms with van der Waals surface area (Å²) in [6.45, 7) is 7.65. The predicted molar refractivity (Wildman–Crippen MR) is 222 cm³/mol. The summed E-state index contributed by atoms with van der Waals surface area (Å²) in [7, 11) is 0. The molecule has 0 saturated heterocycles. The number of rotatable bonds is 4. The Balaban J connectivity index is 1.00. The molecule has 2 aliphatic carbocycles. The van der Waals surface area contributed by atoms with Crippen LogP contribution in [-0.4, -0.2) is 15.0 Å². The van der Waals surface area contributed by atoms with Crippen LogP contribution in [0.1, 0.15) is 43.2 Å². The Hall–Kier alpha value is -6.90. The zero-order valence-corrected chi connectivity index (χ0v) is 30.1. The van der Waals surface area contributed by atoms with Crippen LogP contribution < -0.4 is 0 Å². The van der Waals surface area contributed by atoms with Crippen LogP contribution in [-0.2, 0) is 5.41 Å². The summed E-state index contributed by atoms with van der Waals surface area (Å²) < 4.78 is 6.26. The number of furan rings is 1. The molecule has 2 aliphatic rings. The van der Waals surface area contributed by atoms with Gasteiger partial charge in [0, 0.05) is 32.9 Å². The largest absolute Gasteiger partial charge is 0.456 e. The molecular formula is C50H34N4O. The van der Waals surface area contributed by atoms with Crippen molar-refractivity contribution < 1.29 is 4.42 Å². The highest BCUT2D eigenvalue weighted by Crippen LogP contribution is 2.57. The van der Waals surface area contributed by atoms with E-state index in [1.807, 2.05) is 30.3 Å². The van der Waals surface area contributed by atoms with E-state index >= 15 is 0 Å². The minimum atomic E-state index is 0.0191. The normalized spacial score (nSPS) is 14.3. The highest BCUT2D eigenvalue weighted by atomic mass is 16.3. The van der Waals surface area contributed by atoms with E-state index in [0.717, 1.165) is 62.4 Å². The molecule has 1 saturated carbocycles. The zero-order chi connectivity index (χ0) is 36.5. The minimum Gasteiger partial charge on any atom is -0.456 e. The highest BCUT2D eigenvalue weighted by molar-refractivity contribution is 6.05. The van der Waals surface area contributed by atoms with Crippen LogP contribution in [0.5, 0.6) is 0 Å². The smallest absolute Gasteiger partial charge is 0.187 e. The number of hydrogen-bond acceptors (Lipinski definition) is 4. The number of aromatic nitrogens is 3. The quantitative estimate of drug-likeness (QED) is 0.171. The average Bonchev–Trinajstić information content (AvgIpc) is 3.75. The van der Waals surface area contributed by atoms with Crippen LogP contribution >= 0.6 is 0 Å². The molecule has 0 unspecified atom stereocenters. The van der Waals surface area contributed by atoms with Crippen molar-refractivity contribution in [3.8, 4) is 56.4 Å². The maximum Gasteiger partial charge on any atom is 0.187 e. The molecule has 5 nitrogen and oxygen atoms in total. The van der Waals surface area contributed by atoms with Gasteiger partial charge in [0.1, 0.15) is 11.2 Å². The second kappa shape index (κ2) is 12.3. The monoisotopic (exact) mass is 706 g/mol. The molecule has 260 valence electrons. The van der Waals surface area contributed by atoms with Crippen LogP contribution in [0.2, 0.25) is 0 Å². The van der Waals surface area contributed by atoms with E-state index in [2.05, 4.69) is 120 Å². The van der Waals surface area contributed by atoms with Crippen molar-refractivity contribution in [2.75, 3.05) is 0 Å². The topological polar surface area (TPSA) is 56.2 Å². The fraction of sp³-hybridized carbons (Fsp3) is 0.120. The third kappa shape index (κ3) is 5.10. The summed E-state index contributed by atoms with van der Waals surface area (Å²) in [5.41, 5.74) is 12.8. The van der Waals surface area contributed by atoms with Gasteiger partial charge in [0.2, 0.25) is 0 Å². The van der Waals surface area contributed by atoms with E-state index in [0.29, 0.717) is 23.2 Å². The average molecular weight is 707 g/mol. The lowest BCUT2D eigenvalue weighted by atomic mass is 9.67. The first kappa shape index (κ1) is 31.6. The van der Waals surface area contributed by atoms with Gasteiger partial charge in [-0.3, -0.25) is 0 Å². The summed E-state index contributed by atoms with van der Waals surface area (Å²) in [6, 6.07) is 50.9. The number of benzene rings is 7. The molecular weight excluding hydrogens is 673 g/mol. The van der Waals surface area contributed by atoms with E-state index in [1.165, 1.54) is 52.5 Å². The van der Waals surface area contributed by atoms with E-state index in [9.17, 15) is 0 Å². The highest BCUT2D eigenvalue weighted by Gasteiger charge is 2.43. The number of hydrogen-bond donors (Lipinski definition) is 0. The van der Waals surface area contributed by atoms with Gasteiger partial charge in [0.15, 0.2) is 23.2 Å². The van der Waals surface area contributed by atoms with Gasteiger partial charge in [-0.05, 0) is 93.4 Å². The summed E-state index contributed by atoms with van der Waals surface area (Å²) in [5, 5.41) is 4.46. The molecule has 0 N–H and O–H groups in total. The molecule has 7 aromatic carbocycles. The van der Waals surface area contributed by atoms with Crippen LogP contribution in [0.15, 0.2) is 150 Å². The van der Waals surface area contributed by atoms with E-state index < -0.39 is 0 Å². The number of para-hydroxylation sites is 1. The van der Waals surface area contributed by atoms with E-state index in [4.69, 9.17) is 25.9 Å². The molecule has 1 spiro atoms. The second-order valence-corrected chi connectivity index (χ2v) is 15.0. The lowest BCUT2D eigenvalue weighted by Gasteiger charge is -2.36. The van der Waals surface area contributed by atoms with Gasteiger partial charge in [-0.1, -0.05) is 128 Å². The van der Waals surface area contributed by atoms with Gasteiger partial charge in [-0.15, -0.1) is 0 Å². The van der Waals surface area contributed by atoms with Crippen molar-refractivity contribution in [3.05, 3.63) is 168 Å². The minimum absolute atomic E-state index is 0.0191. The first-order chi connectivity index (χ1) is 27.1. The molecule has 11 rings (SSSR count). The summed E-state index contributed by atoms with van der Waals surface area (Å²) in [6.07, 6.45) is 6.03. The molecule has 0 amide bonds. The summed E-state index contributed by atoms with van der Waals surface area (Å²) in [4.78, 5) is 19.0. The Morgan fingerprint density at radius 1 is 0.473 bits per heavy atom. The Kier molecular flexibility index (Phi) is 7.09. The maximum absolute atomic E-state index is 7.65. The van der Waals surface area contributed by atoms with Gasteiger partial charge in [0.25, 0.3) is 0 Å². The van der Waals surface area contributed by atoms with Gasteiger partial charge in [0.05, 0.1) is 6.57 Å². The molecule has 0 aliphatic heterocycles. The summed E-state index contributed by atoms with van der Waals surface area (Å²) >= 11 is 0. The first-order valence-electron chi connectivity index (χ1n) is 19.1. The van der Waals surface area contributed by atoms with Gasteiger partial charge in [-0.25, -0.2) is 19.8 Å². The fourth-order valence-corrected chi connectivity index (χ4v) is 9.20. The summed E-state index contributed by atoms with van der Waals surface area (Å²) in [5.74, 6) is 1.83.